The summed E-state index contributed by atoms with van der Waals surface area (Å²) in [6.45, 7) is 0.457. The quantitative estimate of drug-likeness (QED) is 0.644. The van der Waals surface area contributed by atoms with E-state index in [0.29, 0.717) is 6.54 Å². The number of carboxylic acids is 1. The van der Waals surface area contributed by atoms with Crippen molar-refractivity contribution in [2.24, 2.45) is 5.92 Å². The van der Waals surface area contributed by atoms with Gasteiger partial charge in [0.05, 0.1) is 0 Å². The summed E-state index contributed by atoms with van der Waals surface area (Å²) >= 11 is 4.59. The van der Waals surface area contributed by atoms with Gasteiger partial charge in [0.1, 0.15) is 0 Å². The second-order valence-electron chi connectivity index (χ2n) is 1.76. The molecule has 1 unspecified atom stereocenters. The van der Waals surface area contributed by atoms with Gasteiger partial charge < -0.3 is 23.1 Å². The van der Waals surface area contributed by atoms with Crippen LogP contribution in [0.2, 0.25) is 0 Å². The normalized spacial score (nSPS) is 11.8. The van der Waals surface area contributed by atoms with Gasteiger partial charge in [-0.3, -0.25) is 4.79 Å². The monoisotopic (exact) mass is 237 g/mol. The molecule has 0 heterocycles. The van der Waals surface area contributed by atoms with Gasteiger partial charge in [0.2, 0.25) is 0 Å². The van der Waals surface area contributed by atoms with Crippen molar-refractivity contribution in [2.75, 3.05) is 19.3 Å². The molecule has 0 aromatic rings. The van der Waals surface area contributed by atoms with E-state index in [1.165, 1.54) is 0 Å². The molecule has 0 fully saturated rings. The van der Waals surface area contributed by atoms with Gasteiger partial charge in [-0.25, -0.2) is 0 Å². The molecule has 0 aromatic heterocycles. The molecule has 0 aliphatic carbocycles. The minimum atomic E-state index is -0.820. The molecule has 5 heteroatoms. The molecule has 1 radical (unpaired) electrons. The SMILES string of the molecule is CNCC(C[S-])C(=O)O.[Y]. The summed E-state index contributed by atoms with van der Waals surface area (Å²) in [7, 11) is 1.71. The average molecular weight is 237 g/mol. The molecule has 0 aliphatic rings. The summed E-state index contributed by atoms with van der Waals surface area (Å²) in [5, 5.41) is 11.2. The molecule has 0 amide bonds. The van der Waals surface area contributed by atoms with Crippen molar-refractivity contribution >= 4 is 18.6 Å². The first kappa shape index (κ1) is 13.5. The number of hydrogen-bond acceptors (Lipinski definition) is 3. The van der Waals surface area contributed by atoms with E-state index in [0.717, 1.165) is 0 Å². The van der Waals surface area contributed by atoms with Crippen LogP contribution in [0, 0.1) is 5.92 Å². The van der Waals surface area contributed by atoms with Crippen molar-refractivity contribution in [3.8, 4) is 0 Å². The van der Waals surface area contributed by atoms with Gasteiger partial charge in [0, 0.05) is 45.2 Å². The summed E-state index contributed by atoms with van der Waals surface area (Å²) in [6, 6.07) is 0. The van der Waals surface area contributed by atoms with Crippen LogP contribution in [-0.2, 0) is 50.1 Å². The van der Waals surface area contributed by atoms with Crippen molar-refractivity contribution in [3.63, 3.8) is 0 Å². The van der Waals surface area contributed by atoms with E-state index in [9.17, 15) is 4.79 Å². The number of carboxylic acid groups (broad SMARTS) is 1. The maximum Gasteiger partial charge on any atom is 0.305 e. The molecule has 10 heavy (non-hydrogen) atoms. The van der Waals surface area contributed by atoms with Gasteiger partial charge in [-0.05, 0) is 7.05 Å². The van der Waals surface area contributed by atoms with Crippen LogP contribution in [0.4, 0.5) is 0 Å². The number of carbonyl (C=O) groups is 1. The first-order chi connectivity index (χ1) is 4.22. The van der Waals surface area contributed by atoms with Gasteiger partial charge in [-0.1, -0.05) is 0 Å². The Labute approximate surface area is 91.2 Å². The summed E-state index contributed by atoms with van der Waals surface area (Å²) in [4.78, 5) is 10.2. The Morgan fingerprint density at radius 1 is 1.80 bits per heavy atom. The van der Waals surface area contributed by atoms with E-state index in [2.05, 4.69) is 17.9 Å². The van der Waals surface area contributed by atoms with E-state index < -0.39 is 11.9 Å². The van der Waals surface area contributed by atoms with Gasteiger partial charge in [0.25, 0.3) is 0 Å². The third-order valence-electron chi connectivity index (χ3n) is 1.00. The Kier molecular flexibility index (Phi) is 10.8. The van der Waals surface area contributed by atoms with Crippen molar-refractivity contribution in [2.45, 2.75) is 0 Å². The summed E-state index contributed by atoms with van der Waals surface area (Å²) in [5.41, 5.74) is 0. The fourth-order valence-electron chi connectivity index (χ4n) is 0.464. The second-order valence-corrected chi connectivity index (χ2v) is 2.09. The minimum Gasteiger partial charge on any atom is -0.792 e. The second kappa shape index (κ2) is 7.99. The smallest absolute Gasteiger partial charge is 0.305 e. The Morgan fingerprint density at radius 3 is 2.40 bits per heavy atom. The molecule has 0 saturated carbocycles. The van der Waals surface area contributed by atoms with E-state index >= 15 is 0 Å². The van der Waals surface area contributed by atoms with Crippen molar-refractivity contribution in [1.82, 2.24) is 5.32 Å². The molecule has 0 saturated heterocycles. The third-order valence-corrected chi connectivity index (χ3v) is 1.40. The van der Waals surface area contributed by atoms with Crippen LogP contribution in [-0.4, -0.2) is 30.4 Å². The molecular formula is C5H10NO2SY-. The van der Waals surface area contributed by atoms with Crippen LogP contribution in [0.15, 0.2) is 0 Å². The predicted octanol–water partition coefficient (Wildman–Crippen LogP) is -0.549. The number of nitrogens with one attached hydrogen (secondary N) is 1. The first-order valence-corrected chi connectivity index (χ1v) is 3.25. The van der Waals surface area contributed by atoms with E-state index in [1.54, 1.807) is 7.05 Å². The fourth-order valence-corrected chi connectivity index (χ4v) is 0.724. The molecule has 0 aliphatic heterocycles. The molecule has 1 atom stereocenters. The zero-order chi connectivity index (χ0) is 7.28. The van der Waals surface area contributed by atoms with E-state index in [4.69, 9.17) is 5.11 Å². The molecule has 57 valence electrons. The largest absolute Gasteiger partial charge is 0.792 e. The molecule has 0 rings (SSSR count). The van der Waals surface area contributed by atoms with Gasteiger partial charge in [0.15, 0.2) is 0 Å². The average Bonchev–Trinajstić information content (AvgIpc) is 1.82. The minimum absolute atomic E-state index is 0. The van der Waals surface area contributed by atoms with Gasteiger partial charge >= 0.3 is 5.97 Å². The standard InChI is InChI=1S/C5H11NO2S.Y/c1-6-2-4(3-9)5(7)8;/h4,6,9H,2-3H2,1H3,(H,7,8);/p-1. The van der Waals surface area contributed by atoms with Crippen LogP contribution < -0.4 is 5.32 Å². The van der Waals surface area contributed by atoms with Gasteiger partial charge in [-0.15, -0.1) is 0 Å². The molecule has 0 spiro atoms. The maximum absolute atomic E-state index is 10.2. The van der Waals surface area contributed by atoms with E-state index in [-0.39, 0.29) is 38.5 Å². The molecule has 2 N–H and O–H groups in total. The van der Waals surface area contributed by atoms with Gasteiger partial charge in [-0.2, -0.15) is 5.75 Å². The van der Waals surface area contributed by atoms with Crippen LogP contribution in [0.1, 0.15) is 0 Å². The number of hydrogen-bond donors (Lipinski definition) is 2. The zero-order valence-electron chi connectivity index (χ0n) is 5.83. The van der Waals surface area contributed by atoms with Crippen molar-refractivity contribution in [3.05, 3.63) is 0 Å². The number of aliphatic carboxylic acids is 1. The third kappa shape index (κ3) is 5.65. The molecular weight excluding hydrogens is 227 g/mol. The Morgan fingerprint density at radius 2 is 2.30 bits per heavy atom. The van der Waals surface area contributed by atoms with Crippen LogP contribution in [0.25, 0.3) is 0 Å². The topological polar surface area (TPSA) is 49.3 Å². The maximum atomic E-state index is 10.2. The Balaban J connectivity index is 0. The molecule has 3 nitrogen and oxygen atoms in total. The van der Waals surface area contributed by atoms with Crippen molar-refractivity contribution < 1.29 is 42.6 Å². The van der Waals surface area contributed by atoms with Crippen LogP contribution in [0.5, 0.6) is 0 Å². The fraction of sp³-hybridized carbons (Fsp3) is 0.800. The number of rotatable bonds is 4. The summed E-state index contributed by atoms with van der Waals surface area (Å²) in [5.74, 6) is -0.958. The first-order valence-electron chi connectivity index (χ1n) is 2.68. The molecule has 0 aromatic carbocycles. The summed E-state index contributed by atoms with van der Waals surface area (Å²) < 4.78 is 0. The van der Waals surface area contributed by atoms with E-state index in [1.807, 2.05) is 0 Å². The van der Waals surface area contributed by atoms with Crippen LogP contribution >= 0.6 is 0 Å². The van der Waals surface area contributed by atoms with Crippen molar-refractivity contribution in [1.29, 1.82) is 0 Å². The predicted molar refractivity (Wildman–Crippen MR) is 37.3 cm³/mol. The Hall–Kier alpha value is 0.884. The Bertz CT molecular complexity index is 102. The summed E-state index contributed by atoms with van der Waals surface area (Å²) in [6.07, 6.45) is 0. The van der Waals surface area contributed by atoms with Crippen LogP contribution in [0.3, 0.4) is 0 Å². The zero-order valence-corrected chi connectivity index (χ0v) is 9.49. The molecule has 0 bridgehead atoms.